The van der Waals surface area contributed by atoms with E-state index in [1.54, 1.807) is 0 Å². The summed E-state index contributed by atoms with van der Waals surface area (Å²) in [5.74, 6) is 2.00. The molecule has 0 aliphatic heterocycles. The van der Waals surface area contributed by atoms with E-state index in [-0.39, 0.29) is 5.91 Å². The fourth-order valence-corrected chi connectivity index (χ4v) is 3.80. The molecular weight excluding hydrogens is 398 g/mol. The van der Waals surface area contributed by atoms with Gasteiger partial charge in [-0.2, -0.15) is 0 Å². The molecule has 0 aliphatic rings. The number of ether oxygens (including phenoxy) is 1. The van der Waals surface area contributed by atoms with E-state index >= 15 is 0 Å². The van der Waals surface area contributed by atoms with Gasteiger partial charge in [-0.25, -0.2) is 4.98 Å². The summed E-state index contributed by atoms with van der Waals surface area (Å²) in [6.07, 6.45) is 2.93. The Hall–Kier alpha value is -3.60. The second-order valence-electron chi connectivity index (χ2n) is 7.77. The lowest BCUT2D eigenvalue weighted by Gasteiger charge is -2.11. The van der Waals surface area contributed by atoms with E-state index in [0.717, 1.165) is 48.4 Å². The van der Waals surface area contributed by atoms with Crippen molar-refractivity contribution < 1.29 is 9.53 Å². The molecule has 0 aliphatic carbocycles. The Balaban J connectivity index is 1.28. The summed E-state index contributed by atoms with van der Waals surface area (Å²) in [7, 11) is 0. The Morgan fingerprint density at radius 3 is 2.41 bits per heavy atom. The molecule has 5 heteroatoms. The molecule has 0 saturated heterocycles. The Labute approximate surface area is 189 Å². The van der Waals surface area contributed by atoms with Crippen molar-refractivity contribution in [3.05, 3.63) is 96.3 Å². The van der Waals surface area contributed by atoms with Crippen LogP contribution in [0.3, 0.4) is 0 Å². The molecule has 32 heavy (non-hydrogen) atoms. The van der Waals surface area contributed by atoms with Gasteiger partial charge >= 0.3 is 0 Å². The van der Waals surface area contributed by atoms with Crippen molar-refractivity contribution in [1.82, 2.24) is 14.9 Å². The van der Waals surface area contributed by atoms with Crippen LogP contribution in [0, 0.1) is 0 Å². The smallest absolute Gasteiger partial charge is 0.220 e. The van der Waals surface area contributed by atoms with Crippen LogP contribution in [0.4, 0.5) is 0 Å². The van der Waals surface area contributed by atoms with Crippen LogP contribution in [-0.4, -0.2) is 28.6 Å². The van der Waals surface area contributed by atoms with E-state index in [4.69, 9.17) is 9.72 Å². The number of carbonyl (C=O) groups excluding carboxylic acids is 1. The molecule has 1 amide bonds. The van der Waals surface area contributed by atoms with Crippen LogP contribution < -0.4 is 10.1 Å². The zero-order valence-corrected chi connectivity index (χ0v) is 18.2. The summed E-state index contributed by atoms with van der Waals surface area (Å²) >= 11 is 0. The molecule has 0 fully saturated rings. The third-order valence-electron chi connectivity index (χ3n) is 5.44. The number of benzene rings is 3. The van der Waals surface area contributed by atoms with Gasteiger partial charge in [-0.3, -0.25) is 4.79 Å². The first-order valence-corrected chi connectivity index (χ1v) is 11.2. The summed E-state index contributed by atoms with van der Waals surface area (Å²) in [5.41, 5.74) is 3.30. The quantitative estimate of drug-likeness (QED) is 0.350. The van der Waals surface area contributed by atoms with Crippen LogP contribution in [0.25, 0.3) is 11.0 Å². The molecule has 4 rings (SSSR count). The normalized spacial score (nSPS) is 10.9. The maximum absolute atomic E-state index is 12.2. The van der Waals surface area contributed by atoms with Crippen LogP contribution in [0.2, 0.25) is 0 Å². The Kier molecular flexibility index (Phi) is 7.53. The second kappa shape index (κ2) is 11.1. The molecule has 4 aromatic rings. The predicted molar refractivity (Wildman–Crippen MR) is 128 cm³/mol. The lowest BCUT2D eigenvalue weighted by Crippen LogP contribution is -2.25. The first-order chi connectivity index (χ1) is 15.8. The summed E-state index contributed by atoms with van der Waals surface area (Å²) in [5, 5.41) is 3.04. The number of rotatable bonds is 11. The van der Waals surface area contributed by atoms with Crippen molar-refractivity contribution >= 4 is 16.9 Å². The molecule has 0 unspecified atom stereocenters. The van der Waals surface area contributed by atoms with E-state index < -0.39 is 0 Å². The number of hydrogen-bond donors (Lipinski definition) is 1. The summed E-state index contributed by atoms with van der Waals surface area (Å²) < 4.78 is 8.13. The molecule has 1 heterocycles. The monoisotopic (exact) mass is 427 g/mol. The van der Waals surface area contributed by atoms with Gasteiger partial charge in [0.15, 0.2) is 0 Å². The van der Waals surface area contributed by atoms with Crippen molar-refractivity contribution in [3.63, 3.8) is 0 Å². The van der Waals surface area contributed by atoms with Gasteiger partial charge in [0.25, 0.3) is 0 Å². The fourth-order valence-electron chi connectivity index (χ4n) is 3.80. The van der Waals surface area contributed by atoms with Gasteiger partial charge in [-0.1, -0.05) is 60.7 Å². The van der Waals surface area contributed by atoms with Crippen molar-refractivity contribution in [1.29, 1.82) is 0 Å². The van der Waals surface area contributed by atoms with Gasteiger partial charge in [0, 0.05) is 19.4 Å². The summed E-state index contributed by atoms with van der Waals surface area (Å²) in [6, 6.07) is 28.2. The van der Waals surface area contributed by atoms with Gasteiger partial charge in [0.2, 0.25) is 5.91 Å². The highest BCUT2D eigenvalue weighted by Crippen LogP contribution is 2.17. The first kappa shape index (κ1) is 21.6. The lowest BCUT2D eigenvalue weighted by molar-refractivity contribution is -0.121. The number of carbonyl (C=O) groups is 1. The number of hydrogen-bond acceptors (Lipinski definition) is 3. The van der Waals surface area contributed by atoms with E-state index in [1.807, 2.05) is 66.7 Å². The molecule has 1 aromatic heterocycles. The minimum atomic E-state index is 0.0959. The van der Waals surface area contributed by atoms with Gasteiger partial charge < -0.3 is 14.6 Å². The number of nitrogens with one attached hydrogen (secondary N) is 1. The predicted octanol–water partition coefficient (Wildman–Crippen LogP) is 4.80. The minimum Gasteiger partial charge on any atom is -0.492 e. The molecule has 0 saturated carbocycles. The molecule has 1 N–H and O–H groups in total. The maximum atomic E-state index is 12.2. The van der Waals surface area contributed by atoms with Gasteiger partial charge in [0.1, 0.15) is 18.2 Å². The maximum Gasteiger partial charge on any atom is 0.220 e. The van der Waals surface area contributed by atoms with Crippen LogP contribution in [0.5, 0.6) is 5.75 Å². The van der Waals surface area contributed by atoms with Crippen LogP contribution >= 0.6 is 0 Å². The number of amides is 1. The lowest BCUT2D eigenvalue weighted by atomic mass is 10.1. The largest absolute Gasteiger partial charge is 0.492 e. The molecule has 3 aromatic carbocycles. The highest BCUT2D eigenvalue weighted by atomic mass is 16.5. The van der Waals surface area contributed by atoms with E-state index in [0.29, 0.717) is 19.6 Å². The zero-order valence-electron chi connectivity index (χ0n) is 18.2. The Morgan fingerprint density at radius 1 is 0.875 bits per heavy atom. The van der Waals surface area contributed by atoms with Crippen LogP contribution in [0.15, 0.2) is 84.9 Å². The van der Waals surface area contributed by atoms with Crippen molar-refractivity contribution in [3.8, 4) is 5.75 Å². The van der Waals surface area contributed by atoms with Crippen molar-refractivity contribution in [2.24, 2.45) is 0 Å². The number of imidazole rings is 1. The summed E-state index contributed by atoms with van der Waals surface area (Å²) in [4.78, 5) is 17.0. The van der Waals surface area contributed by atoms with E-state index in [1.165, 1.54) is 5.56 Å². The average molecular weight is 428 g/mol. The third kappa shape index (κ3) is 5.97. The first-order valence-electron chi connectivity index (χ1n) is 11.2. The topological polar surface area (TPSA) is 56.2 Å². The standard InChI is InChI=1S/C27H29N3O2/c31-27(18-17-22-10-3-1-4-11-22)28-19-9-16-26-29-24-14-7-8-15-25(24)30(26)20-21-32-23-12-5-2-6-13-23/h1-8,10-15H,9,16-21H2,(H,28,31). The number of para-hydroxylation sites is 3. The van der Waals surface area contributed by atoms with Crippen LogP contribution in [0.1, 0.15) is 24.2 Å². The highest BCUT2D eigenvalue weighted by molar-refractivity contribution is 5.76. The van der Waals surface area contributed by atoms with Gasteiger partial charge in [-0.05, 0) is 42.7 Å². The number of fused-ring (bicyclic) bond motifs is 1. The van der Waals surface area contributed by atoms with Crippen molar-refractivity contribution in [2.45, 2.75) is 32.2 Å². The molecule has 0 radical (unpaired) electrons. The summed E-state index contributed by atoms with van der Waals surface area (Å²) in [6.45, 7) is 1.96. The average Bonchev–Trinajstić information content (AvgIpc) is 3.19. The van der Waals surface area contributed by atoms with Crippen molar-refractivity contribution in [2.75, 3.05) is 13.2 Å². The number of aromatic nitrogens is 2. The van der Waals surface area contributed by atoms with Crippen LogP contribution in [-0.2, 0) is 24.2 Å². The molecule has 0 spiro atoms. The number of aryl methyl sites for hydroxylation is 2. The number of nitrogens with zero attached hydrogens (tertiary/aromatic N) is 2. The Morgan fingerprint density at radius 2 is 1.59 bits per heavy atom. The minimum absolute atomic E-state index is 0.0959. The SMILES string of the molecule is O=C(CCc1ccccc1)NCCCc1nc2ccccc2n1CCOc1ccccc1. The Bertz CT molecular complexity index is 1120. The molecule has 0 bridgehead atoms. The van der Waals surface area contributed by atoms with E-state index in [9.17, 15) is 4.79 Å². The fraction of sp³-hybridized carbons (Fsp3) is 0.259. The molecule has 5 nitrogen and oxygen atoms in total. The third-order valence-corrected chi connectivity index (χ3v) is 5.44. The second-order valence-corrected chi connectivity index (χ2v) is 7.77. The zero-order chi connectivity index (χ0) is 22.0. The van der Waals surface area contributed by atoms with E-state index in [2.05, 4.69) is 28.1 Å². The van der Waals surface area contributed by atoms with Gasteiger partial charge in [0.05, 0.1) is 17.6 Å². The molecular formula is C27H29N3O2. The van der Waals surface area contributed by atoms with Gasteiger partial charge in [-0.15, -0.1) is 0 Å². The molecule has 0 atom stereocenters. The molecule has 164 valence electrons. The highest BCUT2D eigenvalue weighted by Gasteiger charge is 2.11.